The first-order valence-electron chi connectivity index (χ1n) is 7.33. The highest BCUT2D eigenvalue weighted by Gasteiger charge is 2.29. The monoisotopic (exact) mass is 306 g/mol. The van der Waals surface area contributed by atoms with Crippen LogP contribution in [0, 0.1) is 5.41 Å². The summed E-state index contributed by atoms with van der Waals surface area (Å²) in [6, 6.07) is 9.62. The Labute approximate surface area is 132 Å². The predicted molar refractivity (Wildman–Crippen MR) is 86.3 cm³/mol. The van der Waals surface area contributed by atoms with Gasteiger partial charge in [-0.2, -0.15) is 0 Å². The van der Waals surface area contributed by atoms with Crippen molar-refractivity contribution in [3.8, 4) is 0 Å². The zero-order valence-corrected chi connectivity index (χ0v) is 14.0. The lowest BCUT2D eigenvalue weighted by atomic mass is 9.92. The second-order valence-corrected chi connectivity index (χ2v) is 6.61. The minimum absolute atomic E-state index is 0.0533. The largest absolute Gasteiger partial charge is 0.382 e. The molecular formula is C17H26N2O3. The zero-order chi connectivity index (χ0) is 16.8. The highest BCUT2D eigenvalue weighted by molar-refractivity contribution is 5.87. The number of carbonyl (C=O) groups is 2. The van der Waals surface area contributed by atoms with Crippen molar-refractivity contribution in [1.82, 2.24) is 10.6 Å². The molecule has 1 aromatic carbocycles. The fourth-order valence-corrected chi connectivity index (χ4v) is 2.06. The molecule has 0 saturated carbocycles. The maximum Gasteiger partial charge on any atom is 0.240 e. The van der Waals surface area contributed by atoms with Crippen molar-refractivity contribution in [2.45, 2.75) is 33.2 Å². The topological polar surface area (TPSA) is 67.4 Å². The number of nitrogens with one attached hydrogen (secondary N) is 2. The molecule has 2 amide bonds. The van der Waals surface area contributed by atoms with Gasteiger partial charge in [-0.1, -0.05) is 51.1 Å². The molecule has 1 atom stereocenters. The molecule has 0 saturated heterocycles. The summed E-state index contributed by atoms with van der Waals surface area (Å²) in [5.41, 5.74) is -0.206. The molecule has 1 rings (SSSR count). The number of methoxy groups -OCH3 is 1. The van der Waals surface area contributed by atoms with Crippen molar-refractivity contribution in [3.05, 3.63) is 35.9 Å². The van der Waals surface area contributed by atoms with E-state index in [2.05, 4.69) is 10.6 Å². The molecule has 0 radical (unpaired) electrons. The standard InChI is InChI=1S/C17H26N2O3/c1-16(2,3)15(21)18-11-14(20)19-17(4,12-22-5)13-9-7-6-8-10-13/h6-10H,11-12H2,1-5H3,(H,18,21)(H,19,20). The SMILES string of the molecule is COCC(C)(NC(=O)CNC(=O)C(C)(C)C)c1ccccc1. The molecule has 0 heterocycles. The van der Waals surface area contributed by atoms with Crippen LogP contribution in [-0.2, 0) is 19.9 Å². The lowest BCUT2D eigenvalue weighted by Gasteiger charge is -2.31. The second kappa shape index (κ2) is 7.40. The van der Waals surface area contributed by atoms with Gasteiger partial charge in [0.25, 0.3) is 0 Å². The first-order chi connectivity index (χ1) is 10.2. The van der Waals surface area contributed by atoms with Gasteiger partial charge < -0.3 is 15.4 Å². The van der Waals surface area contributed by atoms with Crippen molar-refractivity contribution < 1.29 is 14.3 Å². The predicted octanol–water partition coefficient (Wildman–Crippen LogP) is 1.83. The number of amides is 2. The normalized spacial score (nSPS) is 14.0. The van der Waals surface area contributed by atoms with Gasteiger partial charge in [0.1, 0.15) is 0 Å². The van der Waals surface area contributed by atoms with Gasteiger partial charge in [0, 0.05) is 12.5 Å². The summed E-state index contributed by atoms with van der Waals surface area (Å²) in [5.74, 6) is -0.406. The Kier molecular flexibility index (Phi) is 6.11. The maximum atomic E-state index is 12.2. The van der Waals surface area contributed by atoms with E-state index in [1.165, 1.54) is 0 Å². The molecule has 0 aliphatic heterocycles. The van der Waals surface area contributed by atoms with E-state index < -0.39 is 11.0 Å². The fraction of sp³-hybridized carbons (Fsp3) is 0.529. The average Bonchev–Trinajstić information content (AvgIpc) is 2.45. The van der Waals surface area contributed by atoms with Crippen LogP contribution in [0.15, 0.2) is 30.3 Å². The van der Waals surface area contributed by atoms with E-state index in [1.807, 2.05) is 37.3 Å². The van der Waals surface area contributed by atoms with E-state index in [0.717, 1.165) is 5.56 Å². The molecule has 22 heavy (non-hydrogen) atoms. The Morgan fingerprint density at radius 2 is 1.68 bits per heavy atom. The number of rotatable bonds is 6. The molecule has 0 spiro atoms. The van der Waals surface area contributed by atoms with Crippen molar-refractivity contribution in [2.24, 2.45) is 5.41 Å². The van der Waals surface area contributed by atoms with Crippen LogP contribution in [0.2, 0.25) is 0 Å². The van der Waals surface area contributed by atoms with Crippen molar-refractivity contribution in [3.63, 3.8) is 0 Å². The third-order valence-corrected chi connectivity index (χ3v) is 3.35. The summed E-state index contributed by atoms with van der Waals surface area (Å²) in [5, 5.41) is 5.59. The molecule has 5 heteroatoms. The average molecular weight is 306 g/mol. The molecule has 0 bridgehead atoms. The number of hydrogen-bond donors (Lipinski definition) is 2. The van der Waals surface area contributed by atoms with Crippen LogP contribution in [0.5, 0.6) is 0 Å². The quantitative estimate of drug-likeness (QED) is 0.842. The Hall–Kier alpha value is -1.88. The van der Waals surface area contributed by atoms with Gasteiger partial charge in [0.05, 0.1) is 18.7 Å². The highest BCUT2D eigenvalue weighted by atomic mass is 16.5. The first kappa shape index (κ1) is 18.2. The summed E-state index contributed by atoms with van der Waals surface area (Å²) in [6.45, 7) is 7.60. The molecule has 1 unspecified atom stereocenters. The van der Waals surface area contributed by atoms with E-state index in [-0.39, 0.29) is 18.4 Å². The van der Waals surface area contributed by atoms with Gasteiger partial charge in [-0.05, 0) is 12.5 Å². The lowest BCUT2D eigenvalue weighted by molar-refractivity contribution is -0.131. The van der Waals surface area contributed by atoms with Crippen molar-refractivity contribution in [1.29, 1.82) is 0 Å². The molecule has 0 aromatic heterocycles. The van der Waals surface area contributed by atoms with E-state index in [4.69, 9.17) is 4.74 Å². The highest BCUT2D eigenvalue weighted by Crippen LogP contribution is 2.20. The third-order valence-electron chi connectivity index (χ3n) is 3.35. The first-order valence-corrected chi connectivity index (χ1v) is 7.33. The molecule has 0 aliphatic carbocycles. The molecule has 0 aliphatic rings. The van der Waals surface area contributed by atoms with Crippen LogP contribution in [0.25, 0.3) is 0 Å². The number of ether oxygens (including phenoxy) is 1. The van der Waals surface area contributed by atoms with Crippen molar-refractivity contribution >= 4 is 11.8 Å². The van der Waals surface area contributed by atoms with Crippen molar-refractivity contribution in [2.75, 3.05) is 20.3 Å². The van der Waals surface area contributed by atoms with Crippen LogP contribution in [0.3, 0.4) is 0 Å². The minimum Gasteiger partial charge on any atom is -0.382 e. The van der Waals surface area contributed by atoms with Crippen LogP contribution >= 0.6 is 0 Å². The minimum atomic E-state index is -0.639. The summed E-state index contributed by atoms with van der Waals surface area (Å²) < 4.78 is 5.24. The fourth-order valence-electron chi connectivity index (χ4n) is 2.06. The van der Waals surface area contributed by atoms with E-state index >= 15 is 0 Å². The van der Waals surface area contributed by atoms with Crippen LogP contribution in [0.4, 0.5) is 0 Å². The second-order valence-electron chi connectivity index (χ2n) is 6.61. The zero-order valence-electron chi connectivity index (χ0n) is 14.0. The van der Waals surface area contributed by atoms with Gasteiger partial charge in [-0.3, -0.25) is 9.59 Å². The lowest BCUT2D eigenvalue weighted by Crippen LogP contribution is -2.51. The van der Waals surface area contributed by atoms with Crippen LogP contribution in [0.1, 0.15) is 33.3 Å². The van der Waals surface area contributed by atoms with Gasteiger partial charge in [-0.25, -0.2) is 0 Å². The molecular weight excluding hydrogens is 280 g/mol. The number of hydrogen-bond acceptors (Lipinski definition) is 3. The van der Waals surface area contributed by atoms with E-state index in [9.17, 15) is 9.59 Å². The van der Waals surface area contributed by atoms with Crippen LogP contribution < -0.4 is 10.6 Å². The Morgan fingerprint density at radius 3 is 2.18 bits per heavy atom. The number of benzene rings is 1. The van der Waals surface area contributed by atoms with Gasteiger partial charge in [0.15, 0.2) is 0 Å². The third kappa shape index (κ3) is 5.15. The van der Waals surface area contributed by atoms with E-state index in [1.54, 1.807) is 27.9 Å². The summed E-state index contributed by atoms with van der Waals surface area (Å²) in [6.07, 6.45) is 0. The Bertz CT molecular complexity index is 508. The molecule has 2 N–H and O–H groups in total. The molecule has 5 nitrogen and oxygen atoms in total. The smallest absolute Gasteiger partial charge is 0.240 e. The summed E-state index contributed by atoms with van der Waals surface area (Å²) >= 11 is 0. The van der Waals surface area contributed by atoms with Gasteiger partial charge in [-0.15, -0.1) is 0 Å². The summed E-state index contributed by atoms with van der Waals surface area (Å²) in [4.78, 5) is 24.0. The Morgan fingerprint density at radius 1 is 1.09 bits per heavy atom. The van der Waals surface area contributed by atoms with Crippen LogP contribution in [-0.4, -0.2) is 32.1 Å². The van der Waals surface area contributed by atoms with E-state index in [0.29, 0.717) is 6.61 Å². The van der Waals surface area contributed by atoms with Gasteiger partial charge >= 0.3 is 0 Å². The summed E-state index contributed by atoms with van der Waals surface area (Å²) in [7, 11) is 1.59. The van der Waals surface area contributed by atoms with Gasteiger partial charge in [0.2, 0.25) is 11.8 Å². The Balaban J connectivity index is 2.72. The maximum absolute atomic E-state index is 12.2. The number of carbonyl (C=O) groups excluding carboxylic acids is 2. The molecule has 0 fully saturated rings. The molecule has 1 aromatic rings. The molecule has 122 valence electrons.